The van der Waals surface area contributed by atoms with Crippen molar-refractivity contribution >= 4 is 17.3 Å². The van der Waals surface area contributed by atoms with E-state index in [1.807, 2.05) is 13.1 Å². The van der Waals surface area contributed by atoms with Gasteiger partial charge in [0.25, 0.3) is 0 Å². The predicted octanol–water partition coefficient (Wildman–Crippen LogP) is 2.01. The smallest absolute Gasteiger partial charge is 0.224 e. The molecule has 0 fully saturated rings. The van der Waals surface area contributed by atoms with Crippen LogP contribution in [0, 0.1) is 0 Å². The van der Waals surface area contributed by atoms with Crippen molar-refractivity contribution in [1.82, 2.24) is 5.32 Å². The lowest BCUT2D eigenvalue weighted by molar-refractivity contribution is -0.116. The summed E-state index contributed by atoms with van der Waals surface area (Å²) in [7, 11) is 4.02. The summed E-state index contributed by atoms with van der Waals surface area (Å²) in [5.74, 6) is 0.0966. The molecule has 0 spiro atoms. The first-order valence-corrected chi connectivity index (χ1v) is 6.99. The fourth-order valence-corrected chi connectivity index (χ4v) is 2.51. The van der Waals surface area contributed by atoms with Crippen LogP contribution < -0.4 is 15.5 Å². The van der Waals surface area contributed by atoms with E-state index < -0.39 is 0 Å². The number of nitrogens with zero attached hydrogens (tertiary/aromatic N) is 1. The molecule has 1 aliphatic rings. The molecule has 104 valence electrons. The summed E-state index contributed by atoms with van der Waals surface area (Å²) >= 11 is 0. The second-order valence-corrected chi connectivity index (χ2v) is 5.12. The second kappa shape index (κ2) is 6.57. The lowest BCUT2D eigenvalue weighted by Crippen LogP contribution is -2.24. The fourth-order valence-electron chi connectivity index (χ4n) is 2.51. The molecule has 1 aromatic carbocycles. The summed E-state index contributed by atoms with van der Waals surface area (Å²) in [6.07, 6.45) is 3.72. The van der Waals surface area contributed by atoms with Gasteiger partial charge >= 0.3 is 0 Å². The summed E-state index contributed by atoms with van der Waals surface area (Å²) in [5, 5.41) is 6.03. The van der Waals surface area contributed by atoms with Gasteiger partial charge in [0.05, 0.1) is 0 Å². The first kappa shape index (κ1) is 13.9. The van der Waals surface area contributed by atoms with Crippen LogP contribution in [-0.2, 0) is 11.2 Å². The Bertz CT molecular complexity index is 445. The first-order chi connectivity index (χ1) is 9.20. The van der Waals surface area contributed by atoms with E-state index in [1.54, 1.807) is 0 Å². The zero-order valence-corrected chi connectivity index (χ0v) is 11.8. The molecule has 0 bridgehead atoms. The Morgan fingerprint density at radius 2 is 2.26 bits per heavy atom. The monoisotopic (exact) mass is 261 g/mol. The highest BCUT2D eigenvalue weighted by Gasteiger charge is 2.14. The van der Waals surface area contributed by atoms with Crippen LogP contribution in [0.1, 0.15) is 24.8 Å². The van der Waals surface area contributed by atoms with Gasteiger partial charge in [0.15, 0.2) is 0 Å². The lowest BCUT2D eigenvalue weighted by atomic mass is 10.0. The molecule has 1 heterocycles. The van der Waals surface area contributed by atoms with Crippen molar-refractivity contribution in [3.63, 3.8) is 0 Å². The van der Waals surface area contributed by atoms with Crippen molar-refractivity contribution in [3.8, 4) is 0 Å². The lowest BCUT2D eigenvalue weighted by Gasteiger charge is -2.27. The maximum Gasteiger partial charge on any atom is 0.224 e. The SMILES string of the molecule is CNCCCC(=O)Nc1ccc2c(c1)CCCN2C. The average molecular weight is 261 g/mol. The number of carbonyl (C=O) groups is 1. The minimum absolute atomic E-state index is 0.0966. The molecule has 0 saturated carbocycles. The zero-order chi connectivity index (χ0) is 13.7. The van der Waals surface area contributed by atoms with Crippen LogP contribution in [-0.4, -0.2) is 33.1 Å². The Kier molecular flexibility index (Phi) is 4.80. The molecule has 0 radical (unpaired) electrons. The summed E-state index contributed by atoms with van der Waals surface area (Å²) < 4.78 is 0. The van der Waals surface area contributed by atoms with Crippen LogP contribution in [0.4, 0.5) is 11.4 Å². The molecule has 2 N–H and O–H groups in total. The molecule has 1 aromatic rings. The molecule has 0 aliphatic carbocycles. The quantitative estimate of drug-likeness (QED) is 0.797. The van der Waals surface area contributed by atoms with Gasteiger partial charge in [-0.1, -0.05) is 0 Å². The number of fused-ring (bicyclic) bond motifs is 1. The topological polar surface area (TPSA) is 44.4 Å². The van der Waals surface area contributed by atoms with Gasteiger partial charge in [0.2, 0.25) is 5.91 Å². The maximum absolute atomic E-state index is 11.8. The van der Waals surface area contributed by atoms with Gasteiger partial charge in [0, 0.05) is 31.4 Å². The molecular formula is C15H23N3O. The third-order valence-electron chi connectivity index (χ3n) is 3.54. The summed E-state index contributed by atoms with van der Waals surface area (Å²) in [6.45, 7) is 1.99. The molecule has 0 saturated heterocycles. The highest BCUT2D eigenvalue weighted by molar-refractivity contribution is 5.91. The molecule has 0 atom stereocenters. The molecule has 0 aromatic heterocycles. The fraction of sp³-hybridized carbons (Fsp3) is 0.533. The second-order valence-electron chi connectivity index (χ2n) is 5.12. The minimum Gasteiger partial charge on any atom is -0.374 e. The third kappa shape index (κ3) is 3.70. The van der Waals surface area contributed by atoms with E-state index in [2.05, 4.69) is 34.7 Å². The number of anilines is 2. The van der Waals surface area contributed by atoms with Gasteiger partial charge in [-0.3, -0.25) is 4.79 Å². The van der Waals surface area contributed by atoms with Crippen LogP contribution in [0.2, 0.25) is 0 Å². The van der Waals surface area contributed by atoms with E-state index >= 15 is 0 Å². The van der Waals surface area contributed by atoms with E-state index in [0.717, 1.165) is 31.6 Å². The number of amides is 1. The zero-order valence-electron chi connectivity index (χ0n) is 11.8. The van der Waals surface area contributed by atoms with E-state index in [1.165, 1.54) is 17.7 Å². The third-order valence-corrected chi connectivity index (χ3v) is 3.54. The van der Waals surface area contributed by atoms with Crippen LogP contribution in [0.3, 0.4) is 0 Å². The normalized spacial score (nSPS) is 14.1. The number of carbonyl (C=O) groups excluding carboxylic acids is 1. The minimum atomic E-state index is 0.0966. The number of benzene rings is 1. The molecular weight excluding hydrogens is 238 g/mol. The molecule has 1 aliphatic heterocycles. The van der Waals surface area contributed by atoms with Gasteiger partial charge in [-0.05, 0) is 56.6 Å². The summed E-state index contributed by atoms with van der Waals surface area (Å²) in [5.41, 5.74) is 3.55. The first-order valence-electron chi connectivity index (χ1n) is 6.99. The van der Waals surface area contributed by atoms with Crippen LogP contribution >= 0.6 is 0 Å². The Labute approximate surface area is 115 Å². The molecule has 4 nitrogen and oxygen atoms in total. The Balaban J connectivity index is 1.96. The summed E-state index contributed by atoms with van der Waals surface area (Å²) in [6, 6.07) is 6.22. The van der Waals surface area contributed by atoms with Gasteiger partial charge in [-0.15, -0.1) is 0 Å². The van der Waals surface area contributed by atoms with Gasteiger partial charge < -0.3 is 15.5 Å². The number of aryl methyl sites for hydroxylation is 1. The van der Waals surface area contributed by atoms with Gasteiger partial charge in [-0.2, -0.15) is 0 Å². The molecule has 2 rings (SSSR count). The number of nitrogens with one attached hydrogen (secondary N) is 2. The average Bonchev–Trinajstić information content (AvgIpc) is 2.39. The Hall–Kier alpha value is -1.55. The largest absolute Gasteiger partial charge is 0.374 e. The van der Waals surface area contributed by atoms with Gasteiger partial charge in [-0.25, -0.2) is 0 Å². The predicted molar refractivity (Wildman–Crippen MR) is 79.8 cm³/mol. The Morgan fingerprint density at radius 1 is 1.42 bits per heavy atom. The van der Waals surface area contributed by atoms with E-state index in [4.69, 9.17) is 0 Å². The van der Waals surface area contributed by atoms with Gasteiger partial charge in [0.1, 0.15) is 0 Å². The van der Waals surface area contributed by atoms with Crippen LogP contribution in [0.25, 0.3) is 0 Å². The van der Waals surface area contributed by atoms with Crippen molar-refractivity contribution in [1.29, 1.82) is 0 Å². The van der Waals surface area contributed by atoms with Crippen molar-refractivity contribution in [2.75, 3.05) is 37.4 Å². The highest BCUT2D eigenvalue weighted by Crippen LogP contribution is 2.28. The van der Waals surface area contributed by atoms with Crippen molar-refractivity contribution in [3.05, 3.63) is 23.8 Å². The maximum atomic E-state index is 11.8. The van der Waals surface area contributed by atoms with Crippen LogP contribution in [0.5, 0.6) is 0 Å². The molecule has 1 amide bonds. The summed E-state index contributed by atoms with van der Waals surface area (Å²) in [4.78, 5) is 14.0. The Morgan fingerprint density at radius 3 is 3.05 bits per heavy atom. The van der Waals surface area contributed by atoms with E-state index in [9.17, 15) is 4.79 Å². The molecule has 19 heavy (non-hydrogen) atoms. The van der Waals surface area contributed by atoms with Crippen molar-refractivity contribution in [2.45, 2.75) is 25.7 Å². The van der Waals surface area contributed by atoms with Crippen molar-refractivity contribution < 1.29 is 4.79 Å². The van der Waals surface area contributed by atoms with Crippen molar-refractivity contribution in [2.24, 2.45) is 0 Å². The molecule has 0 unspecified atom stereocenters. The highest BCUT2D eigenvalue weighted by atomic mass is 16.1. The number of hydrogen-bond acceptors (Lipinski definition) is 3. The van der Waals surface area contributed by atoms with E-state index in [0.29, 0.717) is 6.42 Å². The number of rotatable bonds is 5. The standard InChI is InChI=1S/C15H23N3O/c1-16-9-3-6-15(19)17-13-7-8-14-12(11-13)5-4-10-18(14)2/h7-8,11,16H,3-6,9-10H2,1-2H3,(H,17,19). The molecule has 4 heteroatoms. The number of hydrogen-bond donors (Lipinski definition) is 2. The van der Waals surface area contributed by atoms with E-state index in [-0.39, 0.29) is 5.91 Å². The van der Waals surface area contributed by atoms with Crippen LogP contribution in [0.15, 0.2) is 18.2 Å².